The van der Waals surface area contributed by atoms with Crippen molar-refractivity contribution in [3.63, 3.8) is 0 Å². The monoisotopic (exact) mass is 521 g/mol. The summed E-state index contributed by atoms with van der Waals surface area (Å²) >= 11 is 2.25. The lowest BCUT2D eigenvalue weighted by Crippen LogP contribution is -2.31. The molecule has 0 aliphatic carbocycles. The second kappa shape index (κ2) is 11.3. The number of carbonyl (C=O) groups is 1. The summed E-state index contributed by atoms with van der Waals surface area (Å²) in [5, 5.41) is 0. The summed E-state index contributed by atoms with van der Waals surface area (Å²) in [5.74, 6) is 0.933. The lowest BCUT2D eigenvalue weighted by Gasteiger charge is -2.25. The minimum absolute atomic E-state index is 0.370. The van der Waals surface area contributed by atoms with Crippen LogP contribution in [0.2, 0.25) is 0 Å². The second-order valence-corrected chi connectivity index (χ2v) is 8.48. The predicted octanol–water partition coefficient (Wildman–Crippen LogP) is 3.88. The normalized spacial score (nSPS) is 14.7. The highest BCUT2D eigenvalue weighted by Gasteiger charge is 2.12. The molecule has 2 aromatic carbocycles. The van der Waals surface area contributed by atoms with Gasteiger partial charge in [0.2, 0.25) is 5.91 Å². The molecular formula is C23H28IN3O3. The van der Waals surface area contributed by atoms with Crippen molar-refractivity contribution in [2.75, 3.05) is 33.3 Å². The first-order valence-electron chi connectivity index (χ1n) is 10.2. The molecule has 1 amide bonds. The van der Waals surface area contributed by atoms with Crippen LogP contribution in [-0.2, 0) is 6.61 Å². The fraction of sp³-hybridized carbons (Fsp3) is 0.391. The molecule has 0 bridgehead atoms. The number of methoxy groups -OCH3 is 1. The van der Waals surface area contributed by atoms with Crippen molar-refractivity contribution >= 4 is 34.7 Å². The number of amides is 1. The zero-order valence-corrected chi connectivity index (χ0v) is 19.4. The number of ether oxygens (including phenoxy) is 2. The number of benzene rings is 2. The highest BCUT2D eigenvalue weighted by molar-refractivity contribution is 14.1. The van der Waals surface area contributed by atoms with E-state index in [4.69, 9.17) is 15.2 Å². The van der Waals surface area contributed by atoms with Gasteiger partial charge in [-0.2, -0.15) is 0 Å². The average Bonchev–Trinajstić information content (AvgIpc) is 2.76. The topological polar surface area (TPSA) is 77.2 Å². The Morgan fingerprint density at radius 3 is 2.60 bits per heavy atom. The van der Waals surface area contributed by atoms with Crippen molar-refractivity contribution in [1.82, 2.24) is 4.90 Å². The molecule has 1 fully saturated rings. The van der Waals surface area contributed by atoms with E-state index >= 15 is 0 Å². The maximum atomic E-state index is 11.2. The van der Waals surface area contributed by atoms with Gasteiger partial charge < -0.3 is 20.1 Å². The number of rotatable bonds is 9. The first kappa shape index (κ1) is 22.6. The molecule has 160 valence electrons. The molecule has 2 aromatic rings. The van der Waals surface area contributed by atoms with E-state index in [-0.39, 0.29) is 0 Å². The van der Waals surface area contributed by atoms with Crippen LogP contribution in [0.3, 0.4) is 0 Å². The molecular weight excluding hydrogens is 493 g/mol. The molecule has 1 heterocycles. The first-order chi connectivity index (χ1) is 14.6. The molecule has 6 nitrogen and oxygen atoms in total. The quantitative estimate of drug-likeness (QED) is 0.402. The number of nitrogens with zero attached hydrogens (tertiary/aromatic N) is 2. The van der Waals surface area contributed by atoms with Gasteiger partial charge in [0.1, 0.15) is 6.61 Å². The Kier molecular flexibility index (Phi) is 8.50. The maximum Gasteiger partial charge on any atom is 0.248 e. The molecule has 0 spiro atoms. The number of aliphatic imine (C=N–C) groups is 1. The fourth-order valence-corrected chi connectivity index (χ4v) is 4.21. The number of nitrogens with two attached hydrogens (primary N) is 1. The Morgan fingerprint density at radius 2 is 1.93 bits per heavy atom. The average molecular weight is 521 g/mol. The Bertz CT molecular complexity index is 878. The van der Waals surface area contributed by atoms with Gasteiger partial charge in [-0.15, -0.1) is 0 Å². The number of carbonyl (C=O) groups excluding carboxylic acids is 1. The molecule has 0 saturated carbocycles. The molecule has 0 aromatic heterocycles. The zero-order chi connectivity index (χ0) is 21.3. The van der Waals surface area contributed by atoms with Gasteiger partial charge >= 0.3 is 0 Å². The number of likely N-dealkylation sites (tertiary alicyclic amines) is 1. The van der Waals surface area contributed by atoms with E-state index < -0.39 is 5.91 Å². The van der Waals surface area contributed by atoms with Crippen LogP contribution >= 0.6 is 22.6 Å². The smallest absolute Gasteiger partial charge is 0.248 e. The van der Waals surface area contributed by atoms with Crippen LogP contribution in [0.25, 0.3) is 0 Å². The standard InChI is InChI=1S/C23H28IN3O3/c1-29-21-14-18(15-26-9-12-27-10-3-2-4-11-27)13-20(24)22(21)30-16-17-5-7-19(8-6-17)23(25)28/h5-8,13-15H,2-4,9-12,16H2,1H3,(H2,25,28). The van der Waals surface area contributed by atoms with Crippen LogP contribution < -0.4 is 15.2 Å². The van der Waals surface area contributed by atoms with E-state index in [0.717, 1.165) is 27.8 Å². The summed E-state index contributed by atoms with van der Waals surface area (Å²) in [6.45, 7) is 4.57. The molecule has 1 saturated heterocycles. The summed E-state index contributed by atoms with van der Waals surface area (Å²) in [7, 11) is 1.64. The first-order valence-corrected chi connectivity index (χ1v) is 11.3. The molecule has 2 N–H and O–H groups in total. The van der Waals surface area contributed by atoms with Crippen molar-refractivity contribution in [3.05, 3.63) is 56.7 Å². The predicted molar refractivity (Wildman–Crippen MR) is 128 cm³/mol. The van der Waals surface area contributed by atoms with E-state index in [1.165, 1.54) is 32.4 Å². The zero-order valence-electron chi connectivity index (χ0n) is 17.3. The number of piperidine rings is 1. The number of hydrogen-bond acceptors (Lipinski definition) is 5. The van der Waals surface area contributed by atoms with Crippen LogP contribution in [0.5, 0.6) is 11.5 Å². The Hall–Kier alpha value is -2.13. The fourth-order valence-electron chi connectivity index (χ4n) is 3.43. The Labute approximate surface area is 191 Å². The Balaban J connectivity index is 1.60. The van der Waals surface area contributed by atoms with Crippen LogP contribution in [0.15, 0.2) is 41.4 Å². The van der Waals surface area contributed by atoms with Gasteiger partial charge in [-0.25, -0.2) is 0 Å². The molecule has 30 heavy (non-hydrogen) atoms. The summed E-state index contributed by atoms with van der Waals surface area (Å²) in [6, 6.07) is 11.1. The van der Waals surface area contributed by atoms with Gasteiger partial charge in [0.15, 0.2) is 11.5 Å². The third kappa shape index (κ3) is 6.43. The second-order valence-electron chi connectivity index (χ2n) is 7.32. The van der Waals surface area contributed by atoms with Gasteiger partial charge in [-0.1, -0.05) is 18.6 Å². The number of primary amides is 1. The van der Waals surface area contributed by atoms with Crippen molar-refractivity contribution in [1.29, 1.82) is 0 Å². The lowest BCUT2D eigenvalue weighted by molar-refractivity contribution is 0.1000. The SMILES string of the molecule is COc1cc(C=NCCN2CCCCC2)cc(I)c1OCc1ccc(C(N)=O)cc1. The van der Waals surface area contributed by atoms with E-state index in [1.54, 1.807) is 19.2 Å². The van der Waals surface area contributed by atoms with Gasteiger partial charge in [0.05, 0.1) is 17.2 Å². The summed E-state index contributed by atoms with van der Waals surface area (Å²) in [4.78, 5) is 18.3. The largest absolute Gasteiger partial charge is 0.493 e. The van der Waals surface area contributed by atoms with Crippen LogP contribution in [0.4, 0.5) is 0 Å². The number of hydrogen-bond donors (Lipinski definition) is 1. The number of halogens is 1. The van der Waals surface area contributed by atoms with Gasteiger partial charge in [-0.05, 0) is 83.9 Å². The van der Waals surface area contributed by atoms with Crippen molar-refractivity contribution in [3.8, 4) is 11.5 Å². The van der Waals surface area contributed by atoms with Crippen LogP contribution in [-0.4, -0.2) is 50.3 Å². The Morgan fingerprint density at radius 1 is 1.20 bits per heavy atom. The van der Waals surface area contributed by atoms with Crippen molar-refractivity contribution in [2.45, 2.75) is 25.9 Å². The molecule has 3 rings (SSSR count). The van der Waals surface area contributed by atoms with Crippen LogP contribution in [0.1, 0.15) is 40.7 Å². The molecule has 0 unspecified atom stereocenters. The summed E-state index contributed by atoms with van der Waals surface area (Å²) < 4.78 is 12.5. The highest BCUT2D eigenvalue weighted by Crippen LogP contribution is 2.34. The molecule has 0 atom stereocenters. The van der Waals surface area contributed by atoms with Gasteiger partial charge in [0.25, 0.3) is 0 Å². The summed E-state index contributed by atoms with van der Waals surface area (Å²) in [5.41, 5.74) is 7.70. The highest BCUT2D eigenvalue weighted by atomic mass is 127. The van der Waals surface area contributed by atoms with E-state index in [9.17, 15) is 4.79 Å². The van der Waals surface area contributed by atoms with Crippen LogP contribution in [0, 0.1) is 3.57 Å². The van der Waals surface area contributed by atoms with Gasteiger partial charge in [-0.3, -0.25) is 9.79 Å². The van der Waals surface area contributed by atoms with Gasteiger partial charge in [0, 0.05) is 18.3 Å². The third-order valence-electron chi connectivity index (χ3n) is 5.11. The third-order valence-corrected chi connectivity index (χ3v) is 5.91. The molecule has 1 aliphatic heterocycles. The van der Waals surface area contributed by atoms with Crippen molar-refractivity contribution < 1.29 is 14.3 Å². The molecule has 1 aliphatic rings. The molecule has 7 heteroatoms. The van der Waals surface area contributed by atoms with E-state index in [0.29, 0.717) is 23.7 Å². The lowest BCUT2D eigenvalue weighted by atomic mass is 10.1. The minimum atomic E-state index is -0.438. The summed E-state index contributed by atoms with van der Waals surface area (Å²) in [6.07, 6.45) is 5.86. The molecule has 0 radical (unpaired) electrons. The van der Waals surface area contributed by atoms with E-state index in [2.05, 4.69) is 32.5 Å². The maximum absolute atomic E-state index is 11.2. The van der Waals surface area contributed by atoms with Crippen molar-refractivity contribution in [2.24, 2.45) is 10.7 Å². The minimum Gasteiger partial charge on any atom is -0.493 e. The van der Waals surface area contributed by atoms with E-state index in [1.807, 2.05) is 30.5 Å².